The fourth-order valence-corrected chi connectivity index (χ4v) is 7.66. The second-order valence-electron chi connectivity index (χ2n) is 11.9. The highest BCUT2D eigenvalue weighted by Crippen LogP contribution is 2.67. The van der Waals surface area contributed by atoms with Crippen molar-refractivity contribution in [2.45, 2.75) is 70.9 Å². The Balaban J connectivity index is 1.66. The molecule has 0 amide bonds. The molecule has 8 atom stereocenters. The third-order valence-corrected chi connectivity index (χ3v) is 9.55. The van der Waals surface area contributed by atoms with E-state index in [2.05, 4.69) is 4.98 Å². The van der Waals surface area contributed by atoms with E-state index in [1.165, 1.54) is 19.2 Å². The highest BCUT2D eigenvalue weighted by molar-refractivity contribution is 5.70. The Morgan fingerprint density at radius 3 is 2.62 bits per heavy atom. The lowest BCUT2D eigenvalue weighted by Crippen LogP contribution is -2.71. The van der Waals surface area contributed by atoms with Gasteiger partial charge in [0.15, 0.2) is 0 Å². The van der Waals surface area contributed by atoms with Gasteiger partial charge in [-0.2, -0.15) is 0 Å². The fourth-order valence-electron chi connectivity index (χ4n) is 7.66. The number of nitrogens with zero attached hydrogens (tertiary/aromatic N) is 1. The average Bonchev–Trinajstić information content (AvgIpc) is 2.91. The van der Waals surface area contributed by atoms with Crippen molar-refractivity contribution in [3.05, 3.63) is 46.6 Å². The standard InChI is InChI=1S/C29H35NO10/c1-15(32)37-14-28(3)19-11-21(39-22(34)13-31)29(4)25(27(19,2)8-7-20(28)33)24(35)23-18(40-29)10-17(38-26(23)36)16-6-5-9-30-12-16/h5-6,9-10,12,19-21,24-25,31,33,35H,7-8,11,13-14H2,1-4H3/t19?,20-,21-,24-,25?,27-,28?,29+/m0/s1. The summed E-state index contributed by atoms with van der Waals surface area (Å²) >= 11 is 0. The topological polar surface area (TPSA) is 166 Å². The van der Waals surface area contributed by atoms with Crippen molar-refractivity contribution in [1.29, 1.82) is 0 Å². The molecule has 2 aliphatic carbocycles. The Labute approximate surface area is 231 Å². The maximum absolute atomic E-state index is 13.3. The third-order valence-electron chi connectivity index (χ3n) is 9.55. The summed E-state index contributed by atoms with van der Waals surface area (Å²) in [5.41, 5.74) is -3.31. The van der Waals surface area contributed by atoms with Crippen LogP contribution < -0.4 is 10.4 Å². The van der Waals surface area contributed by atoms with Crippen LogP contribution >= 0.6 is 0 Å². The molecule has 11 nitrogen and oxygen atoms in total. The molecule has 3 N–H and O–H groups in total. The van der Waals surface area contributed by atoms with Gasteiger partial charge in [-0.05, 0) is 49.7 Å². The van der Waals surface area contributed by atoms with Crippen LogP contribution in [0.4, 0.5) is 0 Å². The Morgan fingerprint density at radius 1 is 1.23 bits per heavy atom. The molecule has 0 bridgehead atoms. The predicted octanol–water partition coefficient (Wildman–Crippen LogP) is 2.16. The molecule has 3 unspecified atom stereocenters. The highest BCUT2D eigenvalue weighted by Gasteiger charge is 2.70. The Bertz CT molecular complexity index is 1360. The number of aliphatic hydroxyl groups is 3. The van der Waals surface area contributed by atoms with Gasteiger partial charge in [0.1, 0.15) is 35.4 Å². The summed E-state index contributed by atoms with van der Waals surface area (Å²) in [6.07, 6.45) is 0.938. The van der Waals surface area contributed by atoms with Crippen LogP contribution in [0.1, 0.15) is 58.6 Å². The molecule has 2 aromatic rings. The molecule has 11 heteroatoms. The normalized spacial score (nSPS) is 36.3. The van der Waals surface area contributed by atoms with E-state index in [1.54, 1.807) is 25.3 Å². The zero-order valence-electron chi connectivity index (χ0n) is 23.0. The number of rotatable bonds is 5. The molecular formula is C29H35NO10. The van der Waals surface area contributed by atoms with Gasteiger partial charge in [-0.1, -0.05) is 13.8 Å². The van der Waals surface area contributed by atoms with Gasteiger partial charge in [-0.25, -0.2) is 9.59 Å². The van der Waals surface area contributed by atoms with E-state index in [0.29, 0.717) is 18.4 Å². The number of pyridine rings is 1. The molecule has 5 rings (SSSR count). The summed E-state index contributed by atoms with van der Waals surface area (Å²) in [6, 6.07) is 4.93. The molecule has 2 aromatic heterocycles. The van der Waals surface area contributed by atoms with Crippen LogP contribution in [0.2, 0.25) is 0 Å². The quantitative estimate of drug-likeness (QED) is 0.461. The minimum absolute atomic E-state index is 0.0444. The molecule has 0 spiro atoms. The van der Waals surface area contributed by atoms with Crippen molar-refractivity contribution >= 4 is 11.9 Å². The lowest BCUT2D eigenvalue weighted by molar-refractivity contribution is -0.269. The van der Waals surface area contributed by atoms with E-state index in [4.69, 9.17) is 18.6 Å². The second kappa shape index (κ2) is 9.97. The van der Waals surface area contributed by atoms with Gasteiger partial charge in [0, 0.05) is 42.3 Å². The van der Waals surface area contributed by atoms with E-state index in [1.807, 2.05) is 13.8 Å². The van der Waals surface area contributed by atoms with Crippen LogP contribution in [0.5, 0.6) is 5.75 Å². The summed E-state index contributed by atoms with van der Waals surface area (Å²) in [5, 5.41) is 32.6. The first kappa shape index (κ1) is 28.3. The summed E-state index contributed by atoms with van der Waals surface area (Å²) in [4.78, 5) is 41.6. The van der Waals surface area contributed by atoms with Crippen molar-refractivity contribution in [1.82, 2.24) is 4.98 Å². The molecule has 0 aromatic carbocycles. The molecule has 3 aliphatic rings. The smallest absolute Gasteiger partial charge is 0.345 e. The first-order valence-electron chi connectivity index (χ1n) is 13.4. The number of hydrogen-bond acceptors (Lipinski definition) is 11. The van der Waals surface area contributed by atoms with Crippen LogP contribution in [0.15, 0.2) is 39.8 Å². The number of fused-ring (bicyclic) bond motifs is 4. The summed E-state index contributed by atoms with van der Waals surface area (Å²) in [7, 11) is 0. The van der Waals surface area contributed by atoms with Crippen LogP contribution in [0.3, 0.4) is 0 Å². The van der Waals surface area contributed by atoms with Gasteiger partial charge >= 0.3 is 17.6 Å². The molecule has 2 fully saturated rings. The number of aliphatic hydroxyl groups excluding tert-OH is 3. The monoisotopic (exact) mass is 557 g/mol. The molecule has 40 heavy (non-hydrogen) atoms. The Hall–Kier alpha value is -3.28. The maximum atomic E-state index is 13.3. The van der Waals surface area contributed by atoms with Crippen molar-refractivity contribution < 1.29 is 43.5 Å². The van der Waals surface area contributed by atoms with Gasteiger partial charge in [0.05, 0.1) is 18.8 Å². The van der Waals surface area contributed by atoms with Crippen molar-refractivity contribution in [2.75, 3.05) is 13.2 Å². The Morgan fingerprint density at radius 2 is 1.98 bits per heavy atom. The highest BCUT2D eigenvalue weighted by atomic mass is 16.6. The number of aromatic nitrogens is 1. The SMILES string of the molecule is CC(=O)OCC1(C)C2C[C@H](OC(=O)CO)[C@@]3(C)Oc4cc(-c5cccnc5)oc(=O)c4[C@H](O)C3[C@@]2(C)CC[C@@H]1O. The van der Waals surface area contributed by atoms with E-state index in [0.717, 1.165) is 0 Å². The summed E-state index contributed by atoms with van der Waals surface area (Å²) in [5.74, 6) is -2.30. The van der Waals surface area contributed by atoms with Crippen LogP contribution in [0.25, 0.3) is 11.3 Å². The van der Waals surface area contributed by atoms with Gasteiger partial charge in [0.25, 0.3) is 0 Å². The van der Waals surface area contributed by atoms with Crippen molar-refractivity contribution in [3.63, 3.8) is 0 Å². The number of esters is 2. The minimum atomic E-state index is -1.37. The summed E-state index contributed by atoms with van der Waals surface area (Å²) in [6.45, 7) is 5.85. The molecule has 0 radical (unpaired) electrons. The van der Waals surface area contributed by atoms with Crippen molar-refractivity contribution in [3.8, 4) is 17.1 Å². The van der Waals surface area contributed by atoms with E-state index >= 15 is 0 Å². The molecule has 216 valence electrons. The molecular weight excluding hydrogens is 522 g/mol. The maximum Gasteiger partial charge on any atom is 0.345 e. The van der Waals surface area contributed by atoms with Gasteiger partial charge in [-0.3, -0.25) is 9.78 Å². The largest absolute Gasteiger partial charge is 0.482 e. The number of ether oxygens (including phenoxy) is 3. The van der Waals surface area contributed by atoms with Crippen LogP contribution in [-0.2, 0) is 19.1 Å². The third kappa shape index (κ3) is 4.31. The number of carbonyl (C=O) groups is 2. The lowest BCUT2D eigenvalue weighted by atomic mass is 9.42. The van der Waals surface area contributed by atoms with Crippen LogP contribution in [-0.4, -0.2) is 63.3 Å². The van der Waals surface area contributed by atoms with Gasteiger partial charge < -0.3 is 33.9 Å². The average molecular weight is 558 g/mol. The minimum Gasteiger partial charge on any atom is -0.482 e. The van der Waals surface area contributed by atoms with Gasteiger partial charge in [0.2, 0.25) is 0 Å². The first-order valence-corrected chi connectivity index (χ1v) is 13.4. The molecule has 2 saturated carbocycles. The van der Waals surface area contributed by atoms with Gasteiger partial charge in [-0.15, -0.1) is 0 Å². The number of hydrogen-bond donors (Lipinski definition) is 3. The van der Waals surface area contributed by atoms with E-state index in [-0.39, 0.29) is 30.1 Å². The summed E-state index contributed by atoms with van der Waals surface area (Å²) < 4.78 is 23.3. The predicted molar refractivity (Wildman–Crippen MR) is 139 cm³/mol. The van der Waals surface area contributed by atoms with E-state index < -0.39 is 70.7 Å². The zero-order chi connectivity index (χ0) is 29.0. The fraction of sp³-hybridized carbons (Fsp3) is 0.586. The Kier molecular flexibility index (Phi) is 7.04. The second-order valence-corrected chi connectivity index (χ2v) is 11.9. The molecule has 3 heterocycles. The first-order chi connectivity index (χ1) is 18.8. The van der Waals surface area contributed by atoms with Crippen molar-refractivity contribution in [2.24, 2.45) is 22.7 Å². The lowest BCUT2D eigenvalue weighted by Gasteiger charge is -2.66. The van der Waals surface area contributed by atoms with Crippen LogP contribution in [0, 0.1) is 22.7 Å². The van der Waals surface area contributed by atoms with E-state index in [9.17, 15) is 29.7 Å². The molecule has 0 saturated heterocycles. The number of carbonyl (C=O) groups excluding carboxylic acids is 2. The molecule has 1 aliphatic heterocycles. The zero-order valence-corrected chi connectivity index (χ0v) is 23.0.